The normalized spacial score (nSPS) is 16.2. The molecule has 2 aromatic heterocycles. The zero-order chi connectivity index (χ0) is 19.1. The largest absolute Gasteiger partial charge is 0.497 e. The van der Waals surface area contributed by atoms with Crippen LogP contribution in [-0.2, 0) is 6.42 Å². The number of para-hydroxylation sites is 1. The number of H-pyrrole nitrogens is 1. The molecule has 5 rings (SSSR count). The first-order valence-corrected chi connectivity index (χ1v) is 9.33. The van der Waals surface area contributed by atoms with Crippen molar-refractivity contribution in [2.24, 2.45) is 0 Å². The topological polar surface area (TPSA) is 58.5 Å². The maximum atomic E-state index is 13.2. The maximum Gasteiger partial charge on any atom is 0.257 e. The lowest BCUT2D eigenvalue weighted by atomic mass is 9.91. The predicted molar refractivity (Wildman–Crippen MR) is 107 cm³/mol. The van der Waals surface area contributed by atoms with Crippen molar-refractivity contribution in [3.8, 4) is 5.75 Å². The Labute approximate surface area is 162 Å². The van der Waals surface area contributed by atoms with Gasteiger partial charge in [0.1, 0.15) is 12.0 Å². The molecule has 2 aromatic carbocycles. The van der Waals surface area contributed by atoms with Crippen molar-refractivity contribution >= 4 is 16.8 Å². The molecule has 0 spiro atoms. The molecule has 0 fully saturated rings. The van der Waals surface area contributed by atoms with Crippen LogP contribution in [0.5, 0.6) is 5.75 Å². The van der Waals surface area contributed by atoms with E-state index in [1.165, 1.54) is 23.5 Å². The van der Waals surface area contributed by atoms with Crippen molar-refractivity contribution in [3.05, 3.63) is 89.5 Å². The summed E-state index contributed by atoms with van der Waals surface area (Å²) in [7, 11) is 1.66. The van der Waals surface area contributed by atoms with Gasteiger partial charge in [0.2, 0.25) is 0 Å². The molecule has 0 radical (unpaired) electrons. The summed E-state index contributed by atoms with van der Waals surface area (Å²) in [4.78, 5) is 18.7. The van der Waals surface area contributed by atoms with Crippen molar-refractivity contribution in [2.75, 3.05) is 13.7 Å². The van der Waals surface area contributed by atoms with Crippen LogP contribution in [-0.4, -0.2) is 29.4 Å². The SMILES string of the molecule is COc1cccc([C@H]2c3[nH]c4ccccc4c3CCN2C(=O)c2ccoc2)c1. The van der Waals surface area contributed by atoms with E-state index in [1.54, 1.807) is 13.2 Å². The maximum absolute atomic E-state index is 13.2. The first-order chi connectivity index (χ1) is 13.8. The van der Waals surface area contributed by atoms with E-state index in [1.807, 2.05) is 35.2 Å². The summed E-state index contributed by atoms with van der Waals surface area (Å²) in [5, 5.41) is 1.22. The van der Waals surface area contributed by atoms with Crippen LogP contribution < -0.4 is 4.74 Å². The number of aromatic amines is 1. The zero-order valence-electron chi connectivity index (χ0n) is 15.5. The van der Waals surface area contributed by atoms with E-state index in [-0.39, 0.29) is 11.9 Å². The third-order valence-corrected chi connectivity index (χ3v) is 5.47. The average molecular weight is 372 g/mol. The average Bonchev–Trinajstić information content (AvgIpc) is 3.40. The summed E-state index contributed by atoms with van der Waals surface area (Å²) >= 11 is 0. The van der Waals surface area contributed by atoms with E-state index < -0.39 is 0 Å². The van der Waals surface area contributed by atoms with E-state index in [0.717, 1.165) is 28.9 Å². The number of furan rings is 1. The quantitative estimate of drug-likeness (QED) is 0.574. The summed E-state index contributed by atoms with van der Waals surface area (Å²) < 4.78 is 10.6. The van der Waals surface area contributed by atoms with Gasteiger partial charge >= 0.3 is 0 Å². The summed E-state index contributed by atoms with van der Waals surface area (Å²) in [5.41, 5.74) is 5.02. The molecule has 1 N–H and O–H groups in total. The van der Waals surface area contributed by atoms with E-state index in [9.17, 15) is 4.79 Å². The number of rotatable bonds is 3. The lowest BCUT2D eigenvalue weighted by Gasteiger charge is -2.36. The fourth-order valence-electron chi connectivity index (χ4n) is 4.17. The van der Waals surface area contributed by atoms with Crippen LogP contribution >= 0.6 is 0 Å². The van der Waals surface area contributed by atoms with Crippen LogP contribution in [0.15, 0.2) is 71.5 Å². The van der Waals surface area contributed by atoms with Gasteiger partial charge in [0.25, 0.3) is 5.91 Å². The van der Waals surface area contributed by atoms with Crippen molar-refractivity contribution in [3.63, 3.8) is 0 Å². The van der Waals surface area contributed by atoms with E-state index in [2.05, 4.69) is 23.2 Å². The molecule has 0 bridgehead atoms. The molecular formula is C23H20N2O3. The number of carbonyl (C=O) groups excluding carboxylic acids is 1. The van der Waals surface area contributed by atoms with Gasteiger partial charge in [-0.3, -0.25) is 4.79 Å². The van der Waals surface area contributed by atoms with E-state index >= 15 is 0 Å². The second-order valence-electron chi connectivity index (χ2n) is 7.00. The van der Waals surface area contributed by atoms with Gasteiger partial charge < -0.3 is 19.0 Å². The van der Waals surface area contributed by atoms with Crippen LogP contribution in [0, 0.1) is 0 Å². The highest BCUT2D eigenvalue weighted by Gasteiger charge is 2.35. The summed E-state index contributed by atoms with van der Waals surface area (Å²) in [5.74, 6) is 0.738. The van der Waals surface area contributed by atoms with Crippen LogP contribution in [0.25, 0.3) is 10.9 Å². The molecule has 4 aromatic rings. The number of ether oxygens (including phenoxy) is 1. The summed E-state index contributed by atoms with van der Waals surface area (Å²) in [6, 6.07) is 17.7. The molecule has 28 heavy (non-hydrogen) atoms. The molecule has 1 aliphatic rings. The minimum Gasteiger partial charge on any atom is -0.497 e. The minimum absolute atomic E-state index is 0.0362. The number of fused-ring (bicyclic) bond motifs is 3. The second kappa shape index (κ2) is 6.60. The van der Waals surface area contributed by atoms with Crippen LogP contribution in [0.3, 0.4) is 0 Å². The number of carbonyl (C=O) groups is 1. The fourth-order valence-corrected chi connectivity index (χ4v) is 4.17. The van der Waals surface area contributed by atoms with Crippen LogP contribution in [0.2, 0.25) is 0 Å². The Kier molecular flexibility index (Phi) is 3.93. The van der Waals surface area contributed by atoms with Crippen LogP contribution in [0.1, 0.15) is 33.2 Å². The van der Waals surface area contributed by atoms with Gasteiger partial charge in [-0.2, -0.15) is 0 Å². The Morgan fingerprint density at radius 3 is 2.89 bits per heavy atom. The van der Waals surface area contributed by atoms with Crippen LogP contribution in [0.4, 0.5) is 0 Å². The van der Waals surface area contributed by atoms with Crippen molar-refractivity contribution in [2.45, 2.75) is 12.5 Å². The number of aromatic nitrogens is 1. The Morgan fingerprint density at radius 2 is 2.07 bits per heavy atom. The third-order valence-electron chi connectivity index (χ3n) is 5.47. The number of nitrogens with zero attached hydrogens (tertiary/aromatic N) is 1. The smallest absolute Gasteiger partial charge is 0.257 e. The summed E-state index contributed by atoms with van der Waals surface area (Å²) in [6.45, 7) is 0.640. The first-order valence-electron chi connectivity index (χ1n) is 9.33. The Hall–Kier alpha value is -3.47. The highest BCUT2D eigenvalue weighted by molar-refractivity contribution is 5.95. The van der Waals surface area contributed by atoms with Gasteiger partial charge in [0, 0.05) is 23.1 Å². The standard InChI is InChI=1S/C23H20N2O3/c1-27-17-6-4-5-15(13-17)22-21-19(18-7-2-3-8-20(18)24-21)9-11-25(22)23(26)16-10-12-28-14-16/h2-8,10,12-14,22,24H,9,11H2,1H3/t22-/m0/s1. The monoisotopic (exact) mass is 372 g/mol. The second-order valence-corrected chi connectivity index (χ2v) is 7.00. The zero-order valence-corrected chi connectivity index (χ0v) is 15.5. The third kappa shape index (κ3) is 2.59. The number of hydrogen-bond acceptors (Lipinski definition) is 3. The number of nitrogens with one attached hydrogen (secondary N) is 1. The minimum atomic E-state index is -0.214. The number of methoxy groups -OCH3 is 1. The van der Waals surface area contributed by atoms with Gasteiger partial charge in [-0.1, -0.05) is 30.3 Å². The molecular weight excluding hydrogens is 352 g/mol. The predicted octanol–water partition coefficient (Wildman–Crippen LogP) is 4.56. The highest BCUT2D eigenvalue weighted by atomic mass is 16.5. The molecule has 0 unspecified atom stereocenters. The molecule has 0 aliphatic carbocycles. The van der Waals surface area contributed by atoms with Gasteiger partial charge in [-0.25, -0.2) is 0 Å². The van der Waals surface area contributed by atoms with Gasteiger partial charge in [0.15, 0.2) is 0 Å². The van der Waals surface area contributed by atoms with E-state index in [0.29, 0.717) is 12.1 Å². The number of hydrogen-bond donors (Lipinski definition) is 1. The van der Waals surface area contributed by atoms with Gasteiger partial charge in [0.05, 0.1) is 25.0 Å². The van der Waals surface area contributed by atoms with Crippen molar-refractivity contribution < 1.29 is 13.9 Å². The molecule has 1 aliphatic heterocycles. The molecule has 5 heteroatoms. The molecule has 0 saturated heterocycles. The first kappa shape index (κ1) is 16.7. The van der Waals surface area contributed by atoms with E-state index in [4.69, 9.17) is 9.15 Å². The van der Waals surface area contributed by atoms with Crippen molar-refractivity contribution in [1.82, 2.24) is 9.88 Å². The summed E-state index contributed by atoms with van der Waals surface area (Å²) in [6.07, 6.45) is 3.85. The number of amides is 1. The molecule has 0 saturated carbocycles. The Morgan fingerprint density at radius 1 is 1.18 bits per heavy atom. The van der Waals surface area contributed by atoms with Gasteiger partial charge in [-0.15, -0.1) is 0 Å². The molecule has 3 heterocycles. The molecule has 140 valence electrons. The highest BCUT2D eigenvalue weighted by Crippen LogP contribution is 2.39. The number of benzene rings is 2. The molecule has 5 nitrogen and oxygen atoms in total. The Balaban J connectivity index is 1.69. The Bertz CT molecular complexity index is 1140. The molecule has 1 atom stereocenters. The lowest BCUT2D eigenvalue weighted by molar-refractivity contribution is 0.0691. The molecule has 1 amide bonds. The van der Waals surface area contributed by atoms with Gasteiger partial charge in [-0.05, 0) is 41.8 Å². The fraction of sp³-hybridized carbons (Fsp3) is 0.174. The lowest BCUT2D eigenvalue weighted by Crippen LogP contribution is -2.40. The van der Waals surface area contributed by atoms with Crippen molar-refractivity contribution in [1.29, 1.82) is 0 Å².